The zero-order valence-corrected chi connectivity index (χ0v) is 16.3. The molecule has 10 heteroatoms. The van der Waals surface area contributed by atoms with Gasteiger partial charge in [-0.1, -0.05) is 24.3 Å². The van der Waals surface area contributed by atoms with Crippen molar-refractivity contribution in [3.8, 4) is 0 Å². The molecule has 2 amide bonds. The van der Waals surface area contributed by atoms with Crippen LogP contribution in [0.5, 0.6) is 0 Å². The summed E-state index contributed by atoms with van der Waals surface area (Å²) < 4.78 is 63.5. The molecule has 1 aliphatic rings. The first-order valence-corrected chi connectivity index (χ1v) is 10.2. The van der Waals surface area contributed by atoms with Gasteiger partial charge >= 0.3 is 15.6 Å². The fourth-order valence-electron chi connectivity index (χ4n) is 3.43. The average Bonchev–Trinajstić information content (AvgIpc) is 2.92. The Kier molecular flexibility index (Phi) is 4.59. The second-order valence-corrected chi connectivity index (χ2v) is 8.56. The third-order valence-electron chi connectivity index (χ3n) is 4.93. The van der Waals surface area contributed by atoms with Crippen molar-refractivity contribution in [1.82, 2.24) is 4.90 Å². The van der Waals surface area contributed by atoms with Crippen LogP contribution in [0.25, 0.3) is 21.5 Å². The molecule has 0 saturated heterocycles. The molecule has 3 aromatic carbocycles. The summed E-state index contributed by atoms with van der Waals surface area (Å²) in [6.07, 6.45) is 0. The first-order valence-electron chi connectivity index (χ1n) is 8.80. The molecule has 0 N–H and O–H groups in total. The number of benzene rings is 3. The Morgan fingerprint density at radius 3 is 1.80 bits per heavy atom. The van der Waals surface area contributed by atoms with Crippen LogP contribution in [0.2, 0.25) is 0 Å². The number of carbonyl (C=O) groups excluding carboxylic acids is 2. The highest BCUT2D eigenvalue weighted by Crippen LogP contribution is 2.32. The average molecular weight is 437 g/mol. The molecule has 0 aliphatic carbocycles. The largest absolute Gasteiger partial charge is 0.523 e. The molecule has 1 atom stereocenters. The normalized spacial score (nSPS) is 15.8. The summed E-state index contributed by atoms with van der Waals surface area (Å²) in [7, 11) is -5.83. The summed E-state index contributed by atoms with van der Waals surface area (Å²) in [6.45, 7) is 0.234. The Bertz CT molecular complexity index is 1240. The third kappa shape index (κ3) is 3.21. The summed E-state index contributed by atoms with van der Waals surface area (Å²) in [5, 5.41) is 3.33. The molecule has 4 rings (SSSR count). The van der Waals surface area contributed by atoms with E-state index in [1.54, 1.807) is 12.1 Å². The molecule has 6 nitrogen and oxygen atoms in total. The molecular weight excluding hydrogens is 423 g/mol. The topological polar surface area (TPSA) is 80.8 Å². The van der Waals surface area contributed by atoms with Gasteiger partial charge in [0.15, 0.2) is 0 Å². The second kappa shape index (κ2) is 6.78. The lowest BCUT2D eigenvalue weighted by Gasteiger charge is -2.22. The van der Waals surface area contributed by atoms with Gasteiger partial charge in [-0.2, -0.15) is 21.6 Å². The number of rotatable bonds is 4. The minimum absolute atomic E-state index is 0.105. The van der Waals surface area contributed by atoms with Crippen LogP contribution in [0.3, 0.4) is 0 Å². The van der Waals surface area contributed by atoms with E-state index in [4.69, 9.17) is 0 Å². The van der Waals surface area contributed by atoms with Crippen LogP contribution in [0.15, 0.2) is 48.5 Å². The van der Waals surface area contributed by atoms with Crippen molar-refractivity contribution < 1.29 is 35.4 Å². The zero-order valence-electron chi connectivity index (χ0n) is 15.4. The van der Waals surface area contributed by atoms with Gasteiger partial charge in [-0.25, -0.2) is 0 Å². The summed E-state index contributed by atoms with van der Waals surface area (Å²) in [5.74, 6) is -1.43. The van der Waals surface area contributed by atoms with Gasteiger partial charge in [0.2, 0.25) is 0 Å². The van der Waals surface area contributed by atoms with E-state index in [1.165, 1.54) is 6.92 Å². The summed E-state index contributed by atoms with van der Waals surface area (Å²) in [6, 6.07) is 13.2. The van der Waals surface area contributed by atoms with Gasteiger partial charge in [0.25, 0.3) is 11.8 Å². The van der Waals surface area contributed by atoms with Crippen molar-refractivity contribution in [2.24, 2.45) is 0 Å². The number of hydrogen-bond acceptors (Lipinski definition) is 5. The van der Waals surface area contributed by atoms with E-state index in [1.807, 2.05) is 36.4 Å². The van der Waals surface area contributed by atoms with E-state index >= 15 is 0 Å². The Labute approximate surface area is 169 Å². The van der Waals surface area contributed by atoms with Gasteiger partial charge in [0.1, 0.15) is 0 Å². The fraction of sp³-hybridized carbons (Fsp3) is 0.200. The maximum Gasteiger partial charge on any atom is 0.523 e. The van der Waals surface area contributed by atoms with Crippen LogP contribution in [-0.2, 0) is 14.3 Å². The molecule has 0 aromatic heterocycles. The Morgan fingerprint density at radius 2 is 1.37 bits per heavy atom. The van der Waals surface area contributed by atoms with E-state index in [-0.39, 0.29) is 11.1 Å². The van der Waals surface area contributed by atoms with Gasteiger partial charge in [-0.15, -0.1) is 0 Å². The van der Waals surface area contributed by atoms with Crippen LogP contribution in [-0.4, -0.2) is 43.3 Å². The summed E-state index contributed by atoms with van der Waals surface area (Å²) in [4.78, 5) is 26.2. The number of alkyl halides is 3. The van der Waals surface area contributed by atoms with Gasteiger partial charge < -0.3 is 0 Å². The monoisotopic (exact) mass is 437 g/mol. The maximum atomic E-state index is 12.8. The molecule has 1 aliphatic heterocycles. The number of fused-ring (bicyclic) bond motifs is 3. The first kappa shape index (κ1) is 20.3. The molecule has 1 heterocycles. The third-order valence-corrected chi connectivity index (χ3v) is 5.94. The molecule has 0 radical (unpaired) electrons. The minimum Gasteiger partial charge on any atom is -0.269 e. The standard InChI is InChI=1S/C20H14F3NO5S/c1-11(10-29-30(27,28)20(21,22)23)24-18(25)16-8-14-6-12-4-2-3-5-13(12)7-15(14)9-17(16)19(24)26/h2-9,11H,10H2,1H3/t11-/m0/s1. The Balaban J connectivity index is 1.67. The maximum absolute atomic E-state index is 12.8. The highest BCUT2D eigenvalue weighted by atomic mass is 32.2. The second-order valence-electron chi connectivity index (χ2n) is 6.96. The van der Waals surface area contributed by atoms with Gasteiger partial charge in [-0.05, 0) is 52.7 Å². The SMILES string of the molecule is C[C@@H](COS(=O)(=O)C(F)(F)F)N1C(=O)c2cc3cc4ccccc4cc3cc2C1=O. The van der Waals surface area contributed by atoms with Gasteiger partial charge in [0, 0.05) is 0 Å². The lowest BCUT2D eigenvalue weighted by atomic mass is 9.99. The summed E-state index contributed by atoms with van der Waals surface area (Å²) in [5.41, 5.74) is -5.38. The van der Waals surface area contributed by atoms with Crippen molar-refractivity contribution in [2.45, 2.75) is 18.5 Å². The van der Waals surface area contributed by atoms with Crippen LogP contribution in [0.1, 0.15) is 27.6 Å². The van der Waals surface area contributed by atoms with E-state index < -0.39 is 40.1 Å². The molecule has 0 fully saturated rings. The predicted molar refractivity (Wildman–Crippen MR) is 102 cm³/mol. The Hall–Kier alpha value is -2.98. The molecule has 3 aromatic rings. The molecule has 30 heavy (non-hydrogen) atoms. The number of hydrogen-bond donors (Lipinski definition) is 0. The van der Waals surface area contributed by atoms with Crippen molar-refractivity contribution >= 4 is 43.5 Å². The number of amides is 2. The van der Waals surface area contributed by atoms with Crippen molar-refractivity contribution in [2.75, 3.05) is 6.61 Å². The molecule has 0 unspecified atom stereocenters. The van der Waals surface area contributed by atoms with E-state index in [9.17, 15) is 31.2 Å². The highest BCUT2D eigenvalue weighted by Gasteiger charge is 2.48. The molecule has 0 bridgehead atoms. The lowest BCUT2D eigenvalue weighted by molar-refractivity contribution is -0.0549. The minimum atomic E-state index is -5.83. The quantitative estimate of drug-likeness (QED) is 0.268. The van der Waals surface area contributed by atoms with E-state index in [0.29, 0.717) is 0 Å². The predicted octanol–water partition coefficient (Wildman–Crippen LogP) is 3.84. The van der Waals surface area contributed by atoms with Crippen molar-refractivity contribution in [1.29, 1.82) is 0 Å². The highest BCUT2D eigenvalue weighted by molar-refractivity contribution is 7.87. The van der Waals surface area contributed by atoms with E-state index in [2.05, 4.69) is 4.18 Å². The van der Waals surface area contributed by atoms with Crippen molar-refractivity contribution in [3.63, 3.8) is 0 Å². The molecular formula is C20H14F3NO5S. The molecule has 0 spiro atoms. The zero-order chi connectivity index (χ0) is 21.8. The van der Waals surface area contributed by atoms with Crippen molar-refractivity contribution in [3.05, 3.63) is 59.7 Å². The van der Waals surface area contributed by atoms with Gasteiger partial charge in [0.05, 0.1) is 23.8 Å². The molecule has 156 valence electrons. The van der Waals surface area contributed by atoms with Crippen LogP contribution in [0.4, 0.5) is 13.2 Å². The smallest absolute Gasteiger partial charge is 0.269 e. The van der Waals surface area contributed by atoms with Crippen LogP contribution >= 0.6 is 0 Å². The van der Waals surface area contributed by atoms with Crippen LogP contribution in [0, 0.1) is 0 Å². The number of imide groups is 1. The molecule has 0 saturated carbocycles. The number of carbonyl (C=O) groups is 2. The summed E-state index contributed by atoms with van der Waals surface area (Å²) >= 11 is 0. The lowest BCUT2D eigenvalue weighted by Crippen LogP contribution is -2.42. The van der Waals surface area contributed by atoms with E-state index in [0.717, 1.165) is 26.4 Å². The van der Waals surface area contributed by atoms with Gasteiger partial charge in [-0.3, -0.25) is 18.7 Å². The number of halogens is 3. The van der Waals surface area contributed by atoms with Crippen LogP contribution < -0.4 is 0 Å². The first-order chi connectivity index (χ1) is 14.0. The number of nitrogens with zero attached hydrogens (tertiary/aromatic N) is 1. The Morgan fingerprint density at radius 1 is 0.900 bits per heavy atom. The fourth-order valence-corrected chi connectivity index (χ4v) is 3.94.